The molecule has 0 radical (unpaired) electrons. The van der Waals surface area contributed by atoms with Gasteiger partial charge in [0.15, 0.2) is 0 Å². The van der Waals surface area contributed by atoms with E-state index < -0.39 is 27.9 Å². The number of carboxylic acid groups (broad SMARTS) is 1. The lowest BCUT2D eigenvalue weighted by Crippen LogP contribution is -2.22. The zero-order valence-electron chi connectivity index (χ0n) is 19.0. The molecule has 36 heavy (non-hydrogen) atoms. The predicted molar refractivity (Wildman–Crippen MR) is 129 cm³/mol. The summed E-state index contributed by atoms with van der Waals surface area (Å²) in [6.07, 6.45) is 4.93. The molecule has 188 valence electrons. The number of nitrogens with one attached hydrogen (secondary N) is 1. The summed E-state index contributed by atoms with van der Waals surface area (Å²) in [6, 6.07) is 7.85. The summed E-state index contributed by atoms with van der Waals surface area (Å²) in [6.45, 7) is 1.69. The van der Waals surface area contributed by atoms with Gasteiger partial charge in [0.25, 0.3) is 10.0 Å². The van der Waals surface area contributed by atoms with E-state index in [2.05, 4.69) is 4.72 Å². The normalized spacial score (nSPS) is 17.6. The quantitative estimate of drug-likeness (QED) is 0.437. The van der Waals surface area contributed by atoms with Gasteiger partial charge in [0.1, 0.15) is 29.5 Å². The molecule has 1 fully saturated rings. The second-order valence-electron chi connectivity index (χ2n) is 8.61. The number of sulfonamides is 1. The van der Waals surface area contributed by atoms with Gasteiger partial charge in [0, 0.05) is 30.8 Å². The van der Waals surface area contributed by atoms with E-state index in [9.17, 15) is 27.8 Å². The van der Waals surface area contributed by atoms with Crippen LogP contribution in [0.3, 0.4) is 0 Å². The summed E-state index contributed by atoms with van der Waals surface area (Å²) in [5.74, 6) is -1.42. The number of aromatic carboxylic acids is 1. The van der Waals surface area contributed by atoms with Crippen LogP contribution in [0.4, 0.5) is 10.1 Å². The largest absolute Gasteiger partial charge is 0.484 e. The zero-order chi connectivity index (χ0) is 25.4. The number of halogens is 1. The Morgan fingerprint density at radius 2 is 2.06 bits per heavy atom. The van der Waals surface area contributed by atoms with Crippen molar-refractivity contribution in [1.82, 2.24) is 4.90 Å². The van der Waals surface area contributed by atoms with Gasteiger partial charge in [-0.15, -0.1) is 0 Å². The molecule has 3 aromatic rings. The number of furan rings is 1. The smallest absolute Gasteiger partial charge is 0.341 e. The third-order valence-electron chi connectivity index (χ3n) is 6.17. The van der Waals surface area contributed by atoms with Crippen LogP contribution in [-0.2, 0) is 16.6 Å². The second-order valence-corrected chi connectivity index (χ2v) is 10.3. The lowest BCUT2D eigenvalue weighted by atomic mass is 9.98. The number of hydrogen-bond donors (Lipinski definition) is 3. The molecule has 0 saturated carbocycles. The highest BCUT2D eigenvalue weighted by atomic mass is 32.2. The molecule has 2 aromatic carbocycles. The molecule has 5 rings (SSSR count). The van der Waals surface area contributed by atoms with Crippen LogP contribution in [-0.4, -0.2) is 55.2 Å². The molecule has 1 aromatic heterocycles. The van der Waals surface area contributed by atoms with Crippen molar-refractivity contribution in [2.24, 2.45) is 0 Å². The van der Waals surface area contributed by atoms with Crippen molar-refractivity contribution in [3.05, 3.63) is 71.4 Å². The number of carbonyl (C=O) groups is 1. The highest BCUT2D eigenvalue weighted by molar-refractivity contribution is 7.92. The SMILES string of the molecule is O=C(O)c1c(NS(=O)(=O)c2ccc(F)cc2C=CCN2CC[C@H](O)C2)ccc2c1OCc1occc1-2. The fourth-order valence-electron chi connectivity index (χ4n) is 4.47. The number of aliphatic hydroxyl groups excluding tert-OH is 1. The topological polar surface area (TPSA) is 129 Å². The van der Waals surface area contributed by atoms with E-state index in [1.807, 2.05) is 4.90 Å². The minimum Gasteiger partial charge on any atom is -0.484 e. The van der Waals surface area contributed by atoms with Crippen molar-refractivity contribution in [3.8, 4) is 16.9 Å². The first kappa shape index (κ1) is 24.0. The number of carboxylic acids is 1. The molecule has 9 nitrogen and oxygen atoms in total. The highest BCUT2D eigenvalue weighted by Gasteiger charge is 2.30. The highest BCUT2D eigenvalue weighted by Crippen LogP contribution is 2.43. The molecule has 1 atom stereocenters. The molecule has 3 N–H and O–H groups in total. The number of likely N-dealkylation sites (tertiary alicyclic amines) is 1. The predicted octanol–water partition coefficient (Wildman–Crippen LogP) is 3.56. The molecule has 2 aliphatic rings. The Balaban J connectivity index is 1.47. The van der Waals surface area contributed by atoms with Gasteiger partial charge in [0.2, 0.25) is 0 Å². The van der Waals surface area contributed by atoms with Gasteiger partial charge in [-0.25, -0.2) is 17.6 Å². The van der Waals surface area contributed by atoms with Crippen LogP contribution in [0.25, 0.3) is 17.2 Å². The van der Waals surface area contributed by atoms with E-state index in [1.165, 1.54) is 18.4 Å². The Morgan fingerprint density at radius 1 is 1.22 bits per heavy atom. The average Bonchev–Trinajstić information content (AvgIpc) is 3.47. The number of fused-ring (bicyclic) bond motifs is 3. The van der Waals surface area contributed by atoms with Gasteiger partial charge in [-0.1, -0.05) is 12.2 Å². The fraction of sp³-hybridized carbons (Fsp3) is 0.240. The molecule has 0 aliphatic carbocycles. The number of hydrogen-bond acceptors (Lipinski definition) is 7. The number of β-amino-alcohol motifs (C(OH)–C–C–N with tert-alkyl or cyclic N) is 1. The van der Waals surface area contributed by atoms with Crippen LogP contribution in [0.1, 0.15) is 28.1 Å². The van der Waals surface area contributed by atoms with Gasteiger partial charge < -0.3 is 19.4 Å². The van der Waals surface area contributed by atoms with Crippen molar-refractivity contribution >= 4 is 27.8 Å². The van der Waals surface area contributed by atoms with Gasteiger partial charge in [0.05, 0.1) is 22.9 Å². The lowest BCUT2D eigenvalue weighted by molar-refractivity contribution is 0.0692. The van der Waals surface area contributed by atoms with Crippen molar-refractivity contribution in [1.29, 1.82) is 0 Å². The van der Waals surface area contributed by atoms with Crippen LogP contribution < -0.4 is 9.46 Å². The van der Waals surface area contributed by atoms with E-state index in [-0.39, 0.29) is 34.1 Å². The Hall–Kier alpha value is -3.67. The van der Waals surface area contributed by atoms with Crippen LogP contribution >= 0.6 is 0 Å². The minimum absolute atomic E-state index is 0.00671. The number of aliphatic hydroxyl groups is 1. The van der Waals surface area contributed by atoms with Crippen molar-refractivity contribution in [2.75, 3.05) is 24.4 Å². The van der Waals surface area contributed by atoms with Crippen LogP contribution in [0, 0.1) is 5.82 Å². The number of nitrogens with zero attached hydrogens (tertiary/aromatic N) is 1. The summed E-state index contributed by atoms with van der Waals surface area (Å²) < 4.78 is 54.0. The Kier molecular flexibility index (Phi) is 6.29. The summed E-state index contributed by atoms with van der Waals surface area (Å²) in [5.41, 5.74) is 0.733. The minimum atomic E-state index is -4.31. The van der Waals surface area contributed by atoms with E-state index in [0.717, 1.165) is 18.2 Å². The molecule has 0 bridgehead atoms. The van der Waals surface area contributed by atoms with Crippen LogP contribution in [0.15, 0.2) is 58.1 Å². The molecular formula is C25H23FN2O7S. The standard InChI is InChI=1S/C25H23FN2O7S/c26-16-3-6-22(15(12-16)2-1-9-28-10-7-17(29)13-28)36(32,33)27-20-5-4-19-18-8-11-34-21(18)14-35-24(19)23(20)25(30)31/h1-6,8,11-12,17,27,29H,7,9-10,13-14H2,(H,30,31)/t17-/m0/s1. The number of anilines is 1. The van der Waals surface area contributed by atoms with Gasteiger partial charge in [-0.05, 0) is 48.4 Å². The number of benzene rings is 2. The molecule has 0 unspecified atom stereocenters. The number of rotatable bonds is 7. The Bertz CT molecular complexity index is 1470. The molecule has 0 amide bonds. The molecule has 1 saturated heterocycles. The maximum absolute atomic E-state index is 14.0. The maximum Gasteiger partial charge on any atom is 0.341 e. The molecular weight excluding hydrogens is 491 g/mol. The summed E-state index contributed by atoms with van der Waals surface area (Å²) in [5, 5.41) is 19.6. The van der Waals surface area contributed by atoms with Crippen LogP contribution in [0.5, 0.6) is 5.75 Å². The van der Waals surface area contributed by atoms with Crippen LogP contribution in [0.2, 0.25) is 0 Å². The maximum atomic E-state index is 14.0. The average molecular weight is 515 g/mol. The van der Waals surface area contributed by atoms with E-state index in [1.54, 1.807) is 18.2 Å². The van der Waals surface area contributed by atoms with Gasteiger partial charge >= 0.3 is 5.97 Å². The zero-order valence-corrected chi connectivity index (χ0v) is 19.8. The Labute approximate surface area is 206 Å². The van der Waals surface area contributed by atoms with E-state index >= 15 is 0 Å². The third-order valence-corrected chi connectivity index (χ3v) is 7.61. The first-order valence-corrected chi connectivity index (χ1v) is 12.7. The van der Waals surface area contributed by atoms with Crippen molar-refractivity contribution < 1.29 is 37.0 Å². The molecule has 3 heterocycles. The van der Waals surface area contributed by atoms with E-state index in [0.29, 0.717) is 42.9 Å². The molecule has 2 aliphatic heterocycles. The van der Waals surface area contributed by atoms with Gasteiger partial charge in [-0.2, -0.15) is 0 Å². The molecule has 0 spiro atoms. The first-order chi connectivity index (χ1) is 17.2. The fourth-order valence-corrected chi connectivity index (χ4v) is 5.73. The molecule has 11 heteroatoms. The second kappa shape index (κ2) is 9.41. The lowest BCUT2D eigenvalue weighted by Gasteiger charge is -2.21. The summed E-state index contributed by atoms with van der Waals surface area (Å²) >= 11 is 0. The monoisotopic (exact) mass is 514 g/mol. The van der Waals surface area contributed by atoms with Gasteiger partial charge in [-0.3, -0.25) is 9.62 Å². The van der Waals surface area contributed by atoms with Crippen molar-refractivity contribution in [2.45, 2.75) is 24.0 Å². The summed E-state index contributed by atoms with van der Waals surface area (Å²) in [7, 11) is -4.31. The third kappa shape index (κ3) is 4.60. The first-order valence-electron chi connectivity index (χ1n) is 11.2. The van der Waals surface area contributed by atoms with E-state index in [4.69, 9.17) is 9.15 Å². The summed E-state index contributed by atoms with van der Waals surface area (Å²) in [4.78, 5) is 13.9. The van der Waals surface area contributed by atoms with Crippen molar-refractivity contribution in [3.63, 3.8) is 0 Å². The Morgan fingerprint density at radius 3 is 2.81 bits per heavy atom. The number of ether oxygens (including phenoxy) is 1.